The van der Waals surface area contributed by atoms with Gasteiger partial charge >= 0.3 is 0 Å². The maximum Gasteiger partial charge on any atom is 0.123 e. The minimum Gasteiger partial charge on any atom is -0.326 e. The van der Waals surface area contributed by atoms with Crippen LogP contribution in [0.3, 0.4) is 0 Å². The summed E-state index contributed by atoms with van der Waals surface area (Å²) < 4.78 is 38.2. The van der Waals surface area contributed by atoms with Crippen LogP contribution in [-0.4, -0.2) is 4.21 Å². The zero-order valence-electron chi connectivity index (χ0n) is 10.1. The quantitative estimate of drug-likeness (QED) is 0.936. The molecule has 1 unspecified atom stereocenters. The molecule has 2 aromatic rings. The van der Waals surface area contributed by atoms with E-state index in [0.29, 0.717) is 16.0 Å². The van der Waals surface area contributed by atoms with Crippen molar-refractivity contribution in [2.75, 3.05) is 0 Å². The van der Waals surface area contributed by atoms with E-state index in [4.69, 9.17) is 5.73 Å². The highest BCUT2D eigenvalue weighted by Gasteiger charge is 2.07. The van der Waals surface area contributed by atoms with E-state index in [1.165, 1.54) is 36.4 Å². The molecule has 0 aliphatic rings. The second-order valence-corrected chi connectivity index (χ2v) is 5.57. The fraction of sp³-hybridized carbons (Fsp3) is 0.143. The summed E-state index contributed by atoms with van der Waals surface area (Å²) in [6.45, 7) is 0.230. The van der Waals surface area contributed by atoms with Gasteiger partial charge in [-0.2, -0.15) is 0 Å². The van der Waals surface area contributed by atoms with Crippen molar-refractivity contribution in [3.8, 4) is 0 Å². The average molecular weight is 281 g/mol. The summed E-state index contributed by atoms with van der Waals surface area (Å²) in [5.74, 6) is -0.595. The Kier molecular flexibility index (Phi) is 4.39. The topological polar surface area (TPSA) is 43.1 Å². The predicted molar refractivity (Wildman–Crippen MR) is 70.8 cm³/mol. The zero-order chi connectivity index (χ0) is 13.8. The van der Waals surface area contributed by atoms with Crippen molar-refractivity contribution in [3.05, 3.63) is 65.2 Å². The van der Waals surface area contributed by atoms with Crippen LogP contribution in [0.5, 0.6) is 0 Å². The van der Waals surface area contributed by atoms with E-state index in [1.807, 2.05) is 0 Å². The maximum absolute atomic E-state index is 13.3. The molecule has 0 saturated carbocycles. The third-order valence-electron chi connectivity index (χ3n) is 2.63. The maximum atomic E-state index is 13.3. The lowest BCUT2D eigenvalue weighted by atomic mass is 10.1. The lowest BCUT2D eigenvalue weighted by molar-refractivity contribution is 0.623. The summed E-state index contributed by atoms with van der Waals surface area (Å²) in [6, 6.07) is 9.85. The smallest absolute Gasteiger partial charge is 0.123 e. The summed E-state index contributed by atoms with van der Waals surface area (Å²) in [5.41, 5.74) is 6.73. The molecule has 0 saturated heterocycles. The molecule has 0 heterocycles. The lowest BCUT2D eigenvalue weighted by Gasteiger charge is -2.05. The number of nitrogens with two attached hydrogens (primary N) is 1. The van der Waals surface area contributed by atoms with Gasteiger partial charge in [-0.15, -0.1) is 0 Å². The summed E-state index contributed by atoms with van der Waals surface area (Å²) in [4.78, 5) is 0.514. The fourth-order valence-electron chi connectivity index (χ4n) is 1.74. The van der Waals surface area contributed by atoms with Gasteiger partial charge < -0.3 is 5.73 Å². The first-order valence-corrected chi connectivity index (χ1v) is 7.03. The number of rotatable bonds is 4. The van der Waals surface area contributed by atoms with Crippen molar-refractivity contribution in [3.63, 3.8) is 0 Å². The highest BCUT2D eigenvalue weighted by atomic mass is 32.2. The number of benzene rings is 2. The predicted octanol–water partition coefficient (Wildman–Crippen LogP) is 2.73. The molecule has 2 nitrogen and oxygen atoms in total. The van der Waals surface area contributed by atoms with Crippen LogP contribution in [-0.2, 0) is 23.1 Å². The van der Waals surface area contributed by atoms with E-state index in [9.17, 15) is 13.0 Å². The van der Waals surface area contributed by atoms with Crippen molar-refractivity contribution in [2.45, 2.75) is 17.2 Å². The van der Waals surface area contributed by atoms with Gasteiger partial charge in [-0.1, -0.05) is 6.07 Å². The normalized spacial score (nSPS) is 12.4. The van der Waals surface area contributed by atoms with Gasteiger partial charge in [-0.25, -0.2) is 8.78 Å². The molecule has 19 heavy (non-hydrogen) atoms. The monoisotopic (exact) mass is 281 g/mol. The third-order valence-corrected chi connectivity index (χ3v) is 4.02. The summed E-state index contributed by atoms with van der Waals surface area (Å²) in [7, 11) is -1.34. The first-order valence-electron chi connectivity index (χ1n) is 5.71. The highest BCUT2D eigenvalue weighted by molar-refractivity contribution is 7.84. The Hall–Kier alpha value is -1.59. The molecular formula is C14H13F2NOS. The van der Waals surface area contributed by atoms with Crippen LogP contribution in [0.15, 0.2) is 47.4 Å². The third kappa shape index (κ3) is 3.68. The summed E-state index contributed by atoms with van der Waals surface area (Å²) >= 11 is 0. The van der Waals surface area contributed by atoms with Crippen molar-refractivity contribution in [1.29, 1.82) is 0 Å². The van der Waals surface area contributed by atoms with Gasteiger partial charge in [-0.05, 0) is 47.5 Å². The molecule has 0 radical (unpaired) electrons. The molecule has 0 aliphatic carbocycles. The number of hydrogen-bond donors (Lipinski definition) is 1. The lowest BCUT2D eigenvalue weighted by Crippen LogP contribution is -2.01. The standard InChI is InChI=1S/C14H13F2NOS/c15-12-1-3-14(4-2-12)19(18)9-11-5-10(8-17)6-13(16)7-11/h1-7H,8-9,17H2. The molecule has 0 aromatic heterocycles. The van der Waals surface area contributed by atoms with Gasteiger partial charge in [0.15, 0.2) is 0 Å². The number of hydrogen-bond acceptors (Lipinski definition) is 2. The molecule has 2 rings (SSSR count). The van der Waals surface area contributed by atoms with Crippen LogP contribution < -0.4 is 5.73 Å². The summed E-state index contributed by atoms with van der Waals surface area (Å²) in [5, 5.41) is 0. The van der Waals surface area contributed by atoms with Crippen LogP contribution in [0.1, 0.15) is 11.1 Å². The molecule has 0 amide bonds. The molecule has 0 fully saturated rings. The molecule has 2 N–H and O–H groups in total. The Morgan fingerprint density at radius 1 is 0.947 bits per heavy atom. The molecule has 5 heteroatoms. The molecule has 0 spiro atoms. The second-order valence-electron chi connectivity index (χ2n) is 4.12. The van der Waals surface area contributed by atoms with Crippen LogP contribution in [0, 0.1) is 11.6 Å². The molecule has 2 aromatic carbocycles. The van der Waals surface area contributed by atoms with E-state index < -0.39 is 16.6 Å². The van der Waals surface area contributed by atoms with E-state index in [2.05, 4.69) is 0 Å². The Labute approximate surface area is 112 Å². The van der Waals surface area contributed by atoms with Crippen LogP contribution in [0.2, 0.25) is 0 Å². The zero-order valence-corrected chi connectivity index (χ0v) is 10.9. The largest absolute Gasteiger partial charge is 0.326 e. The first kappa shape index (κ1) is 13.8. The van der Waals surface area contributed by atoms with E-state index in [-0.39, 0.29) is 18.1 Å². The highest BCUT2D eigenvalue weighted by Crippen LogP contribution is 2.15. The minimum atomic E-state index is -1.34. The van der Waals surface area contributed by atoms with Gasteiger partial charge in [0.1, 0.15) is 11.6 Å². The fourth-order valence-corrected chi connectivity index (χ4v) is 2.82. The van der Waals surface area contributed by atoms with Crippen LogP contribution >= 0.6 is 0 Å². The Balaban J connectivity index is 2.18. The Bertz CT molecular complexity index is 599. The number of halogens is 2. The van der Waals surface area contributed by atoms with Gasteiger partial charge in [0.25, 0.3) is 0 Å². The molecular weight excluding hydrogens is 268 g/mol. The van der Waals surface area contributed by atoms with Crippen LogP contribution in [0.4, 0.5) is 8.78 Å². The SMILES string of the molecule is NCc1cc(F)cc(CS(=O)c2ccc(F)cc2)c1. The molecule has 0 aliphatic heterocycles. The molecule has 1 atom stereocenters. The van der Waals surface area contributed by atoms with Gasteiger partial charge in [0, 0.05) is 11.4 Å². The molecule has 100 valence electrons. The van der Waals surface area contributed by atoms with Gasteiger partial charge in [0.05, 0.1) is 16.6 Å². The van der Waals surface area contributed by atoms with Gasteiger partial charge in [0.2, 0.25) is 0 Å². The second kappa shape index (κ2) is 6.04. The minimum absolute atomic E-state index is 0.177. The van der Waals surface area contributed by atoms with Crippen LogP contribution in [0.25, 0.3) is 0 Å². The van der Waals surface area contributed by atoms with E-state index in [0.717, 1.165) is 0 Å². The first-order chi connectivity index (χ1) is 9.08. The van der Waals surface area contributed by atoms with Crippen molar-refractivity contribution < 1.29 is 13.0 Å². The van der Waals surface area contributed by atoms with E-state index >= 15 is 0 Å². The van der Waals surface area contributed by atoms with Crippen molar-refractivity contribution in [2.24, 2.45) is 5.73 Å². The van der Waals surface area contributed by atoms with E-state index in [1.54, 1.807) is 6.07 Å². The average Bonchev–Trinajstić information content (AvgIpc) is 2.38. The van der Waals surface area contributed by atoms with Gasteiger partial charge in [-0.3, -0.25) is 4.21 Å². The Morgan fingerprint density at radius 3 is 2.21 bits per heavy atom. The molecule has 0 bridgehead atoms. The van der Waals surface area contributed by atoms with Crippen molar-refractivity contribution >= 4 is 10.8 Å². The van der Waals surface area contributed by atoms with Crippen molar-refractivity contribution in [1.82, 2.24) is 0 Å². The summed E-state index contributed by atoms with van der Waals surface area (Å²) in [6.07, 6.45) is 0. The Morgan fingerprint density at radius 2 is 1.58 bits per heavy atom.